The number of hydrogen-bond acceptors (Lipinski definition) is 2. The molecular weight excluding hydrogens is 404 g/mol. The van der Waals surface area contributed by atoms with E-state index in [1.807, 2.05) is 25.8 Å². The SMILES string of the molecule is CN=C(NCC1(c2cccc(Br)c2)CCC1)NC1CCN(C(=O)C(C)C)C1. The molecule has 0 aromatic heterocycles. The molecule has 3 rings (SSSR count). The Bertz CT molecular complexity index is 699. The van der Waals surface area contributed by atoms with Crippen LogP contribution in [-0.2, 0) is 10.2 Å². The van der Waals surface area contributed by atoms with Crippen molar-refractivity contribution in [2.45, 2.75) is 51.0 Å². The summed E-state index contributed by atoms with van der Waals surface area (Å²) < 4.78 is 1.13. The first kappa shape index (κ1) is 20.2. The second kappa shape index (κ2) is 8.63. The molecule has 1 saturated carbocycles. The number of benzene rings is 1. The van der Waals surface area contributed by atoms with Gasteiger partial charge in [-0.3, -0.25) is 9.79 Å². The fraction of sp³-hybridized carbons (Fsp3) is 0.619. The molecule has 1 atom stereocenters. The highest BCUT2D eigenvalue weighted by Gasteiger charge is 2.39. The van der Waals surface area contributed by atoms with Crippen LogP contribution in [0.15, 0.2) is 33.7 Å². The molecular formula is C21H31BrN4O. The van der Waals surface area contributed by atoms with Crippen LogP contribution in [-0.4, -0.2) is 49.5 Å². The molecule has 6 heteroatoms. The molecule has 1 saturated heterocycles. The van der Waals surface area contributed by atoms with E-state index in [-0.39, 0.29) is 23.3 Å². The monoisotopic (exact) mass is 434 g/mol. The van der Waals surface area contributed by atoms with Gasteiger partial charge in [0.2, 0.25) is 5.91 Å². The highest BCUT2D eigenvalue weighted by atomic mass is 79.9. The van der Waals surface area contributed by atoms with Crippen LogP contribution in [0.1, 0.15) is 45.1 Å². The Labute approximate surface area is 171 Å². The quantitative estimate of drug-likeness (QED) is 0.551. The van der Waals surface area contributed by atoms with E-state index in [2.05, 4.69) is 55.8 Å². The van der Waals surface area contributed by atoms with Crippen molar-refractivity contribution in [1.82, 2.24) is 15.5 Å². The van der Waals surface area contributed by atoms with E-state index in [1.165, 1.54) is 24.8 Å². The Hall–Kier alpha value is -1.56. The number of rotatable bonds is 5. The van der Waals surface area contributed by atoms with E-state index in [0.29, 0.717) is 0 Å². The molecule has 1 unspecified atom stereocenters. The zero-order chi connectivity index (χ0) is 19.4. The average Bonchev–Trinajstić information content (AvgIpc) is 3.07. The molecule has 0 radical (unpaired) electrons. The van der Waals surface area contributed by atoms with Crippen LogP contribution in [0.25, 0.3) is 0 Å². The fourth-order valence-electron chi connectivity index (χ4n) is 4.07. The van der Waals surface area contributed by atoms with E-state index >= 15 is 0 Å². The molecule has 0 bridgehead atoms. The Morgan fingerprint density at radius 2 is 2.19 bits per heavy atom. The third-order valence-electron chi connectivity index (χ3n) is 5.90. The van der Waals surface area contributed by atoms with E-state index in [0.717, 1.165) is 36.5 Å². The lowest BCUT2D eigenvalue weighted by atomic mass is 9.64. The van der Waals surface area contributed by atoms with Crippen molar-refractivity contribution in [2.75, 3.05) is 26.7 Å². The lowest BCUT2D eigenvalue weighted by Gasteiger charge is -2.43. The van der Waals surface area contributed by atoms with E-state index in [9.17, 15) is 4.79 Å². The normalized spacial score (nSPS) is 21.9. The number of halogens is 1. The summed E-state index contributed by atoms with van der Waals surface area (Å²) in [5.41, 5.74) is 1.58. The Kier molecular flexibility index (Phi) is 6.45. The maximum Gasteiger partial charge on any atom is 0.225 e. The van der Waals surface area contributed by atoms with Crippen LogP contribution in [0.4, 0.5) is 0 Å². The average molecular weight is 435 g/mol. The van der Waals surface area contributed by atoms with Crippen molar-refractivity contribution in [2.24, 2.45) is 10.9 Å². The minimum atomic E-state index is 0.0601. The Balaban J connectivity index is 1.56. The topological polar surface area (TPSA) is 56.7 Å². The van der Waals surface area contributed by atoms with E-state index in [4.69, 9.17) is 0 Å². The third-order valence-corrected chi connectivity index (χ3v) is 6.39. The zero-order valence-corrected chi connectivity index (χ0v) is 18.2. The van der Waals surface area contributed by atoms with Crippen molar-refractivity contribution in [3.05, 3.63) is 34.3 Å². The molecule has 1 aliphatic heterocycles. The van der Waals surface area contributed by atoms with Gasteiger partial charge in [-0.05, 0) is 37.0 Å². The largest absolute Gasteiger partial charge is 0.356 e. The van der Waals surface area contributed by atoms with Gasteiger partial charge in [0.05, 0.1) is 0 Å². The number of guanidine groups is 1. The van der Waals surface area contributed by atoms with Crippen molar-refractivity contribution in [3.63, 3.8) is 0 Å². The summed E-state index contributed by atoms with van der Waals surface area (Å²) in [6, 6.07) is 8.93. The minimum Gasteiger partial charge on any atom is -0.356 e. The molecule has 5 nitrogen and oxygen atoms in total. The van der Waals surface area contributed by atoms with Crippen LogP contribution >= 0.6 is 15.9 Å². The number of nitrogens with zero attached hydrogens (tertiary/aromatic N) is 2. The van der Waals surface area contributed by atoms with Crippen molar-refractivity contribution < 1.29 is 4.79 Å². The van der Waals surface area contributed by atoms with Gasteiger partial charge in [-0.2, -0.15) is 0 Å². The van der Waals surface area contributed by atoms with Crippen molar-refractivity contribution in [1.29, 1.82) is 0 Å². The van der Waals surface area contributed by atoms with Gasteiger partial charge in [-0.1, -0.05) is 48.3 Å². The second-order valence-electron chi connectivity index (χ2n) is 8.14. The molecule has 148 valence electrons. The first-order valence-electron chi connectivity index (χ1n) is 9.95. The molecule has 0 spiro atoms. The van der Waals surface area contributed by atoms with Gasteiger partial charge in [-0.15, -0.1) is 0 Å². The summed E-state index contributed by atoms with van der Waals surface area (Å²) in [4.78, 5) is 18.6. The van der Waals surface area contributed by atoms with Gasteiger partial charge in [0.15, 0.2) is 5.96 Å². The molecule has 2 fully saturated rings. The fourth-order valence-corrected chi connectivity index (χ4v) is 4.47. The summed E-state index contributed by atoms with van der Waals surface area (Å²) >= 11 is 3.60. The predicted molar refractivity (Wildman–Crippen MR) is 114 cm³/mol. The molecule has 1 aromatic rings. The van der Waals surface area contributed by atoms with Gasteiger partial charge in [0.1, 0.15) is 0 Å². The van der Waals surface area contributed by atoms with E-state index < -0.39 is 0 Å². The first-order valence-corrected chi connectivity index (χ1v) is 10.7. The highest BCUT2D eigenvalue weighted by Crippen LogP contribution is 2.43. The molecule has 27 heavy (non-hydrogen) atoms. The van der Waals surface area contributed by atoms with Crippen LogP contribution in [0.2, 0.25) is 0 Å². The molecule has 1 heterocycles. The van der Waals surface area contributed by atoms with Gasteiger partial charge in [-0.25, -0.2) is 0 Å². The molecule has 1 aromatic carbocycles. The number of likely N-dealkylation sites (tertiary alicyclic amines) is 1. The summed E-state index contributed by atoms with van der Waals surface area (Å²) in [5, 5.41) is 7.05. The predicted octanol–water partition coefficient (Wildman–Crippen LogP) is 3.29. The molecule has 2 aliphatic rings. The maximum absolute atomic E-state index is 12.2. The van der Waals surface area contributed by atoms with Crippen molar-refractivity contribution >= 4 is 27.8 Å². The van der Waals surface area contributed by atoms with Gasteiger partial charge < -0.3 is 15.5 Å². The molecule has 1 amide bonds. The maximum atomic E-state index is 12.2. The van der Waals surface area contributed by atoms with Crippen LogP contribution in [0, 0.1) is 5.92 Å². The van der Waals surface area contributed by atoms with Crippen molar-refractivity contribution in [3.8, 4) is 0 Å². The van der Waals surface area contributed by atoms with Crippen LogP contribution in [0.3, 0.4) is 0 Å². The van der Waals surface area contributed by atoms with E-state index in [1.54, 1.807) is 0 Å². The number of nitrogens with one attached hydrogen (secondary N) is 2. The number of carbonyl (C=O) groups excluding carboxylic acids is 1. The lowest BCUT2D eigenvalue weighted by molar-refractivity contribution is -0.133. The summed E-state index contributed by atoms with van der Waals surface area (Å²) in [7, 11) is 1.81. The van der Waals surface area contributed by atoms with Gasteiger partial charge >= 0.3 is 0 Å². The van der Waals surface area contributed by atoms with Gasteiger partial charge in [0, 0.05) is 48.5 Å². The van der Waals surface area contributed by atoms with Crippen LogP contribution < -0.4 is 10.6 Å². The Morgan fingerprint density at radius 1 is 1.41 bits per heavy atom. The summed E-state index contributed by atoms with van der Waals surface area (Å²) in [6.07, 6.45) is 4.64. The summed E-state index contributed by atoms with van der Waals surface area (Å²) in [5.74, 6) is 1.13. The third kappa shape index (κ3) is 4.65. The van der Waals surface area contributed by atoms with Gasteiger partial charge in [0.25, 0.3) is 0 Å². The minimum absolute atomic E-state index is 0.0601. The lowest BCUT2D eigenvalue weighted by Crippen LogP contribution is -2.51. The first-order chi connectivity index (χ1) is 12.9. The number of hydrogen-bond donors (Lipinski definition) is 2. The molecule has 2 N–H and O–H groups in total. The number of carbonyl (C=O) groups is 1. The second-order valence-corrected chi connectivity index (χ2v) is 9.05. The highest BCUT2D eigenvalue weighted by molar-refractivity contribution is 9.10. The Morgan fingerprint density at radius 3 is 2.78 bits per heavy atom. The number of amides is 1. The summed E-state index contributed by atoms with van der Waals surface area (Å²) in [6.45, 7) is 6.39. The zero-order valence-electron chi connectivity index (χ0n) is 16.6. The molecule has 1 aliphatic carbocycles. The van der Waals surface area contributed by atoms with Crippen LogP contribution in [0.5, 0.6) is 0 Å². The number of aliphatic imine (C=N–C) groups is 1. The smallest absolute Gasteiger partial charge is 0.225 e. The standard InChI is InChI=1S/C21H31BrN4O/c1-15(2)19(27)26-11-8-18(13-26)25-20(23-3)24-14-21(9-5-10-21)16-6-4-7-17(22)12-16/h4,6-7,12,15,18H,5,8-11,13-14H2,1-3H3,(H2,23,24,25).